The lowest BCUT2D eigenvalue weighted by atomic mass is 10.2. The molecule has 52 heavy (non-hydrogen) atoms. The number of nitrogens with one attached hydrogen (secondary N) is 2. The molecule has 0 aliphatic carbocycles. The van der Waals surface area contributed by atoms with Crippen LogP contribution in [0, 0.1) is 0 Å². The quantitative estimate of drug-likeness (QED) is 0.0337. The van der Waals surface area contributed by atoms with Crippen LogP contribution in [0.1, 0.15) is 33.6 Å². The summed E-state index contributed by atoms with van der Waals surface area (Å²) in [7, 11) is 4.27. The van der Waals surface area contributed by atoms with E-state index in [2.05, 4.69) is 20.4 Å². The zero-order chi connectivity index (χ0) is 39.3. The van der Waals surface area contributed by atoms with Crippen LogP contribution in [0.3, 0.4) is 0 Å². The van der Waals surface area contributed by atoms with Crippen LogP contribution in [0.2, 0.25) is 12.1 Å². The van der Waals surface area contributed by atoms with Gasteiger partial charge in [-0.25, -0.2) is 0 Å². The van der Waals surface area contributed by atoms with Crippen molar-refractivity contribution in [1.82, 2.24) is 20.4 Å². The van der Waals surface area contributed by atoms with Crippen molar-refractivity contribution in [3.8, 4) is 0 Å². The first kappa shape index (κ1) is 51.8. The standard InChI is InChI=1S/C33H77N5O12Si2/c1-33(2,3)50-29-32(41)26-37(16-12-34)18-19-38(25-31(40)28-49-21-11-23-52(45-7,46-8)47-9)17-15-35-13-14-36-24-30(39)27-48-20-10-22-51(42-4,43-5)44-6/h30-32,35-36,39-41H,10-29,34H2,1-9H3. The Labute approximate surface area is 316 Å². The predicted molar refractivity (Wildman–Crippen MR) is 205 cm³/mol. The highest BCUT2D eigenvalue weighted by Gasteiger charge is 2.37. The number of hydrogen-bond donors (Lipinski definition) is 6. The molecule has 0 saturated heterocycles. The molecule has 0 fully saturated rings. The number of aliphatic hydroxyl groups excluding tert-OH is 3. The van der Waals surface area contributed by atoms with Gasteiger partial charge in [-0.2, -0.15) is 0 Å². The van der Waals surface area contributed by atoms with Crippen LogP contribution in [-0.4, -0.2) is 214 Å². The van der Waals surface area contributed by atoms with E-state index in [0.717, 1.165) is 0 Å². The minimum Gasteiger partial charge on any atom is -0.389 e. The van der Waals surface area contributed by atoms with Gasteiger partial charge in [0.1, 0.15) is 0 Å². The van der Waals surface area contributed by atoms with E-state index in [0.29, 0.717) is 110 Å². The van der Waals surface area contributed by atoms with Gasteiger partial charge in [0.05, 0.1) is 43.7 Å². The molecule has 0 aliphatic rings. The summed E-state index contributed by atoms with van der Waals surface area (Å²) in [6.07, 6.45) is -0.531. The van der Waals surface area contributed by atoms with Crippen LogP contribution in [0.4, 0.5) is 0 Å². The summed E-state index contributed by atoms with van der Waals surface area (Å²) in [4.78, 5) is 4.32. The van der Waals surface area contributed by atoms with Gasteiger partial charge in [-0.15, -0.1) is 0 Å². The van der Waals surface area contributed by atoms with E-state index in [9.17, 15) is 15.3 Å². The van der Waals surface area contributed by atoms with E-state index in [-0.39, 0.29) is 25.4 Å². The Morgan fingerprint density at radius 3 is 1.50 bits per heavy atom. The molecule has 0 bridgehead atoms. The zero-order valence-corrected chi connectivity index (χ0v) is 35.9. The second kappa shape index (κ2) is 30.9. The Balaban J connectivity index is 4.76. The Morgan fingerprint density at radius 1 is 0.596 bits per heavy atom. The molecular weight excluding hydrogens is 715 g/mol. The number of ether oxygens (including phenoxy) is 3. The van der Waals surface area contributed by atoms with Gasteiger partial charge in [0.15, 0.2) is 0 Å². The monoisotopic (exact) mass is 792 g/mol. The Hall–Kier alpha value is -0.246. The lowest BCUT2D eigenvalue weighted by Gasteiger charge is -2.30. The first-order valence-electron chi connectivity index (χ1n) is 18.5. The molecule has 0 aliphatic heterocycles. The van der Waals surface area contributed by atoms with E-state index < -0.39 is 35.9 Å². The van der Waals surface area contributed by atoms with Crippen molar-refractivity contribution < 1.29 is 56.1 Å². The summed E-state index contributed by atoms with van der Waals surface area (Å²) in [5, 5.41) is 38.4. The van der Waals surface area contributed by atoms with Gasteiger partial charge < -0.3 is 72.5 Å². The molecule has 3 atom stereocenters. The molecule has 0 aromatic carbocycles. The third kappa shape index (κ3) is 25.8. The molecule has 0 saturated carbocycles. The molecule has 17 nitrogen and oxygen atoms in total. The normalized spacial score (nSPS) is 14.8. The second-order valence-corrected chi connectivity index (χ2v) is 19.9. The fourth-order valence-electron chi connectivity index (χ4n) is 5.30. The topological polar surface area (TPSA) is 200 Å². The highest BCUT2D eigenvalue weighted by Crippen LogP contribution is 2.16. The van der Waals surface area contributed by atoms with Gasteiger partial charge in [0, 0.05) is 140 Å². The SMILES string of the molecule is CO[Si](CCCOCC(O)CNCCNCCN(CCN(CCN)CC(O)COC(C)(C)C)CC(O)COCCC[Si](OC)(OC)OC)(OC)OC. The number of rotatable bonds is 37. The Morgan fingerprint density at radius 2 is 1.04 bits per heavy atom. The van der Waals surface area contributed by atoms with Crippen LogP contribution < -0.4 is 16.4 Å². The molecule has 3 unspecified atom stereocenters. The first-order valence-corrected chi connectivity index (χ1v) is 22.3. The van der Waals surface area contributed by atoms with E-state index in [4.69, 9.17) is 46.5 Å². The highest BCUT2D eigenvalue weighted by atomic mass is 28.4. The molecule has 0 heterocycles. The molecule has 0 rings (SSSR count). The summed E-state index contributed by atoms with van der Waals surface area (Å²) in [6, 6.07) is 1.27. The summed E-state index contributed by atoms with van der Waals surface area (Å²) in [5.74, 6) is 0. The fraction of sp³-hybridized carbons (Fsp3) is 1.00. The molecule has 0 spiro atoms. The third-order valence-corrected chi connectivity index (χ3v) is 14.0. The maximum Gasteiger partial charge on any atom is 0.500 e. The van der Waals surface area contributed by atoms with E-state index in [1.165, 1.54) is 0 Å². The molecule has 0 radical (unpaired) electrons. The number of nitrogens with zero attached hydrogens (tertiary/aromatic N) is 2. The lowest BCUT2D eigenvalue weighted by molar-refractivity contribution is -0.0564. The molecular formula is C33H77N5O12Si2. The third-order valence-electron chi connectivity index (χ3n) is 8.32. The van der Waals surface area contributed by atoms with Crippen molar-refractivity contribution in [2.45, 2.75) is 69.6 Å². The fourth-order valence-corrected chi connectivity index (χ4v) is 8.68. The minimum absolute atomic E-state index is 0.201. The van der Waals surface area contributed by atoms with Crippen LogP contribution in [-0.2, 0) is 40.8 Å². The van der Waals surface area contributed by atoms with Crippen LogP contribution in [0.5, 0.6) is 0 Å². The largest absolute Gasteiger partial charge is 0.500 e. The van der Waals surface area contributed by atoms with Crippen molar-refractivity contribution in [2.75, 3.05) is 148 Å². The molecule has 314 valence electrons. The number of hydrogen-bond acceptors (Lipinski definition) is 17. The van der Waals surface area contributed by atoms with Crippen molar-refractivity contribution in [1.29, 1.82) is 0 Å². The average Bonchev–Trinajstić information content (AvgIpc) is 3.12. The van der Waals surface area contributed by atoms with Crippen LogP contribution in [0.25, 0.3) is 0 Å². The van der Waals surface area contributed by atoms with Crippen molar-refractivity contribution in [3.63, 3.8) is 0 Å². The van der Waals surface area contributed by atoms with Crippen molar-refractivity contribution in [3.05, 3.63) is 0 Å². The molecule has 19 heteroatoms. The smallest absolute Gasteiger partial charge is 0.389 e. The molecule has 0 aromatic rings. The average molecular weight is 792 g/mol. The maximum absolute atomic E-state index is 10.9. The van der Waals surface area contributed by atoms with Gasteiger partial charge in [-0.3, -0.25) is 9.80 Å². The molecule has 0 aromatic heterocycles. The highest BCUT2D eigenvalue weighted by molar-refractivity contribution is 6.60. The Bertz CT molecular complexity index is 803. The summed E-state index contributed by atoms with van der Waals surface area (Å²) in [5.41, 5.74) is 5.56. The second-order valence-electron chi connectivity index (χ2n) is 13.7. The van der Waals surface area contributed by atoms with Gasteiger partial charge in [-0.05, 0) is 33.6 Å². The van der Waals surface area contributed by atoms with Crippen LogP contribution in [0.15, 0.2) is 0 Å². The number of nitrogens with two attached hydrogens (primary N) is 1. The Kier molecular flexibility index (Phi) is 30.8. The summed E-state index contributed by atoms with van der Waals surface area (Å²) < 4.78 is 49.8. The van der Waals surface area contributed by atoms with Gasteiger partial charge >= 0.3 is 17.6 Å². The van der Waals surface area contributed by atoms with Crippen molar-refractivity contribution in [2.24, 2.45) is 5.73 Å². The first-order chi connectivity index (χ1) is 24.8. The minimum atomic E-state index is -2.66. The summed E-state index contributed by atoms with van der Waals surface area (Å²) >= 11 is 0. The van der Waals surface area contributed by atoms with Gasteiger partial charge in [0.25, 0.3) is 0 Å². The van der Waals surface area contributed by atoms with Gasteiger partial charge in [0.2, 0.25) is 0 Å². The molecule has 7 N–H and O–H groups in total. The number of aliphatic hydroxyl groups is 3. The summed E-state index contributed by atoms with van der Waals surface area (Å²) in [6.45, 7) is 14.0. The van der Waals surface area contributed by atoms with Crippen LogP contribution >= 0.6 is 0 Å². The van der Waals surface area contributed by atoms with Gasteiger partial charge in [-0.1, -0.05) is 0 Å². The lowest BCUT2D eigenvalue weighted by Crippen LogP contribution is -2.46. The molecule has 0 amide bonds. The van der Waals surface area contributed by atoms with E-state index in [1.807, 2.05) is 20.8 Å². The van der Waals surface area contributed by atoms with E-state index in [1.54, 1.807) is 42.7 Å². The maximum atomic E-state index is 10.9. The van der Waals surface area contributed by atoms with E-state index >= 15 is 0 Å². The predicted octanol–water partition coefficient (Wildman–Crippen LogP) is -0.804. The van der Waals surface area contributed by atoms with Crippen molar-refractivity contribution >= 4 is 17.6 Å². The zero-order valence-electron chi connectivity index (χ0n) is 33.9.